The highest BCUT2D eigenvalue weighted by Crippen LogP contribution is 2.16. The van der Waals surface area contributed by atoms with Gasteiger partial charge in [0.1, 0.15) is 0 Å². The third-order valence-corrected chi connectivity index (χ3v) is 3.65. The van der Waals surface area contributed by atoms with E-state index in [1.165, 1.54) is 12.8 Å². The average Bonchev–Trinajstić information content (AvgIpc) is 2.91. The molecule has 1 unspecified atom stereocenters. The molecule has 1 aromatic heterocycles. The van der Waals surface area contributed by atoms with E-state index in [1.807, 2.05) is 6.20 Å². The van der Waals surface area contributed by atoms with E-state index in [9.17, 15) is 4.79 Å². The molecule has 1 fully saturated rings. The Bertz CT molecular complexity index is 451. The molecule has 5 nitrogen and oxygen atoms in total. The molecule has 5 heteroatoms. The van der Waals surface area contributed by atoms with E-state index in [4.69, 9.17) is 0 Å². The minimum absolute atomic E-state index is 0.00750. The fraction of sp³-hybridized carbons (Fsp3) is 0.714. The van der Waals surface area contributed by atoms with E-state index in [2.05, 4.69) is 29.2 Å². The van der Waals surface area contributed by atoms with E-state index in [0.29, 0.717) is 12.6 Å². The minimum Gasteiger partial charge on any atom is -0.370 e. The van der Waals surface area contributed by atoms with Crippen LogP contribution in [0.15, 0.2) is 17.1 Å². The van der Waals surface area contributed by atoms with Gasteiger partial charge in [-0.15, -0.1) is 0 Å². The zero-order valence-corrected chi connectivity index (χ0v) is 11.9. The Hall–Kier alpha value is -1.36. The third kappa shape index (κ3) is 3.80. The molecule has 2 rings (SSSR count). The van der Waals surface area contributed by atoms with Crippen LogP contribution in [0, 0.1) is 0 Å². The van der Waals surface area contributed by atoms with Crippen LogP contribution in [0.4, 0.5) is 5.69 Å². The van der Waals surface area contributed by atoms with Gasteiger partial charge in [0.2, 0.25) is 0 Å². The molecule has 1 aromatic rings. The molecule has 0 aliphatic carbocycles. The number of nitrogens with one attached hydrogen (secondary N) is 1. The van der Waals surface area contributed by atoms with Gasteiger partial charge in [0.15, 0.2) is 0 Å². The lowest BCUT2D eigenvalue weighted by Gasteiger charge is -2.17. The molecule has 106 valence electrons. The number of anilines is 1. The fourth-order valence-electron chi connectivity index (χ4n) is 2.51. The SMILES string of the molecule is CCNC(C)CCn1ncc(N2CCCC2)cc1=O. The third-order valence-electron chi connectivity index (χ3n) is 3.65. The summed E-state index contributed by atoms with van der Waals surface area (Å²) in [7, 11) is 0. The first-order valence-electron chi connectivity index (χ1n) is 7.26. The summed E-state index contributed by atoms with van der Waals surface area (Å²) in [4.78, 5) is 14.3. The van der Waals surface area contributed by atoms with Crippen molar-refractivity contribution in [2.24, 2.45) is 0 Å². The van der Waals surface area contributed by atoms with E-state index in [0.717, 1.165) is 31.7 Å². The molecule has 0 radical (unpaired) electrons. The maximum Gasteiger partial charge on any atom is 0.268 e. The van der Waals surface area contributed by atoms with Gasteiger partial charge >= 0.3 is 0 Å². The van der Waals surface area contributed by atoms with Gasteiger partial charge < -0.3 is 10.2 Å². The molecule has 1 aliphatic heterocycles. The molecule has 2 heterocycles. The fourth-order valence-corrected chi connectivity index (χ4v) is 2.51. The van der Waals surface area contributed by atoms with Gasteiger partial charge in [-0.3, -0.25) is 4.79 Å². The molecule has 1 aliphatic rings. The van der Waals surface area contributed by atoms with Crippen LogP contribution in [-0.4, -0.2) is 35.5 Å². The lowest BCUT2D eigenvalue weighted by Crippen LogP contribution is -2.30. The maximum absolute atomic E-state index is 12.0. The Morgan fingerprint density at radius 2 is 2.16 bits per heavy atom. The van der Waals surface area contributed by atoms with Crippen LogP contribution < -0.4 is 15.8 Å². The Labute approximate surface area is 114 Å². The average molecular weight is 264 g/mol. The first-order valence-corrected chi connectivity index (χ1v) is 7.26. The van der Waals surface area contributed by atoms with Crippen LogP contribution in [-0.2, 0) is 6.54 Å². The van der Waals surface area contributed by atoms with Crippen molar-refractivity contribution < 1.29 is 0 Å². The van der Waals surface area contributed by atoms with Crippen LogP contribution in [0.2, 0.25) is 0 Å². The second-order valence-corrected chi connectivity index (χ2v) is 5.22. The summed E-state index contributed by atoms with van der Waals surface area (Å²) in [5, 5.41) is 7.63. The summed E-state index contributed by atoms with van der Waals surface area (Å²) in [5.74, 6) is 0. The van der Waals surface area contributed by atoms with Crippen LogP contribution in [0.3, 0.4) is 0 Å². The van der Waals surface area contributed by atoms with Crippen molar-refractivity contribution in [3.05, 3.63) is 22.6 Å². The summed E-state index contributed by atoms with van der Waals surface area (Å²) in [6, 6.07) is 2.13. The molecular formula is C14H24N4O. The van der Waals surface area contributed by atoms with Gasteiger partial charge in [0, 0.05) is 31.7 Å². The van der Waals surface area contributed by atoms with Crippen molar-refractivity contribution in [3.63, 3.8) is 0 Å². The van der Waals surface area contributed by atoms with Gasteiger partial charge in [-0.25, -0.2) is 4.68 Å². The topological polar surface area (TPSA) is 50.2 Å². The number of hydrogen-bond acceptors (Lipinski definition) is 4. The smallest absolute Gasteiger partial charge is 0.268 e. The molecule has 1 atom stereocenters. The van der Waals surface area contributed by atoms with E-state index in [1.54, 1.807) is 10.7 Å². The summed E-state index contributed by atoms with van der Waals surface area (Å²) >= 11 is 0. The van der Waals surface area contributed by atoms with Gasteiger partial charge in [-0.1, -0.05) is 6.92 Å². The summed E-state index contributed by atoms with van der Waals surface area (Å²) in [6.07, 6.45) is 5.17. The second-order valence-electron chi connectivity index (χ2n) is 5.22. The normalized spacial score (nSPS) is 16.8. The molecular weight excluding hydrogens is 240 g/mol. The molecule has 1 saturated heterocycles. The van der Waals surface area contributed by atoms with E-state index >= 15 is 0 Å². The second kappa shape index (κ2) is 6.70. The van der Waals surface area contributed by atoms with Crippen molar-refractivity contribution in [2.45, 2.75) is 45.7 Å². The number of rotatable bonds is 6. The van der Waals surface area contributed by atoms with Crippen molar-refractivity contribution in [1.29, 1.82) is 0 Å². The zero-order valence-electron chi connectivity index (χ0n) is 11.9. The number of aryl methyl sites for hydroxylation is 1. The van der Waals surface area contributed by atoms with Crippen molar-refractivity contribution in [2.75, 3.05) is 24.5 Å². The Kier molecular flexibility index (Phi) is 4.96. The van der Waals surface area contributed by atoms with Crippen LogP contribution in [0.5, 0.6) is 0 Å². The predicted octanol–water partition coefficient (Wildman–Crippen LogP) is 1.23. The van der Waals surface area contributed by atoms with Crippen LogP contribution in [0.25, 0.3) is 0 Å². The highest BCUT2D eigenvalue weighted by Gasteiger charge is 2.13. The quantitative estimate of drug-likeness (QED) is 0.839. The van der Waals surface area contributed by atoms with E-state index < -0.39 is 0 Å². The summed E-state index contributed by atoms with van der Waals surface area (Å²) in [6.45, 7) is 7.94. The monoisotopic (exact) mass is 264 g/mol. The lowest BCUT2D eigenvalue weighted by atomic mass is 10.2. The largest absolute Gasteiger partial charge is 0.370 e. The van der Waals surface area contributed by atoms with Crippen molar-refractivity contribution >= 4 is 5.69 Å². The van der Waals surface area contributed by atoms with Gasteiger partial charge in [0.05, 0.1) is 11.9 Å². The summed E-state index contributed by atoms with van der Waals surface area (Å²) < 4.78 is 1.56. The Morgan fingerprint density at radius 3 is 2.79 bits per heavy atom. The molecule has 0 amide bonds. The molecule has 0 aromatic carbocycles. The first-order chi connectivity index (χ1) is 9.20. The molecule has 0 saturated carbocycles. The van der Waals surface area contributed by atoms with Gasteiger partial charge in [0.25, 0.3) is 5.56 Å². The molecule has 0 spiro atoms. The van der Waals surface area contributed by atoms with E-state index in [-0.39, 0.29) is 5.56 Å². The predicted molar refractivity (Wildman–Crippen MR) is 77.7 cm³/mol. The Balaban J connectivity index is 1.97. The van der Waals surface area contributed by atoms with Crippen LogP contribution >= 0.6 is 0 Å². The molecule has 0 bridgehead atoms. The maximum atomic E-state index is 12.0. The molecule has 1 N–H and O–H groups in total. The molecule has 19 heavy (non-hydrogen) atoms. The number of aromatic nitrogens is 2. The van der Waals surface area contributed by atoms with Gasteiger partial charge in [-0.2, -0.15) is 5.10 Å². The van der Waals surface area contributed by atoms with Gasteiger partial charge in [-0.05, 0) is 32.7 Å². The zero-order chi connectivity index (χ0) is 13.7. The first kappa shape index (κ1) is 14.1. The summed E-state index contributed by atoms with van der Waals surface area (Å²) in [5.41, 5.74) is 0.978. The lowest BCUT2D eigenvalue weighted by molar-refractivity contribution is 0.456. The number of nitrogens with zero attached hydrogens (tertiary/aromatic N) is 3. The van der Waals surface area contributed by atoms with Crippen LogP contribution in [0.1, 0.15) is 33.1 Å². The Morgan fingerprint density at radius 1 is 1.42 bits per heavy atom. The van der Waals surface area contributed by atoms with Crippen molar-refractivity contribution in [1.82, 2.24) is 15.1 Å². The van der Waals surface area contributed by atoms with Crippen molar-refractivity contribution in [3.8, 4) is 0 Å². The number of hydrogen-bond donors (Lipinski definition) is 1. The highest BCUT2D eigenvalue weighted by molar-refractivity contribution is 5.43. The minimum atomic E-state index is 0.00750. The highest BCUT2D eigenvalue weighted by atomic mass is 16.1. The standard InChI is InChI=1S/C14H24N4O/c1-3-15-12(2)6-9-18-14(19)10-13(11-16-18)17-7-4-5-8-17/h10-12,15H,3-9H2,1-2H3.